The molecule has 7 nitrogen and oxygen atoms in total. The van der Waals surface area contributed by atoms with Crippen molar-refractivity contribution >= 4 is 17.9 Å². The van der Waals surface area contributed by atoms with Gasteiger partial charge in [0.15, 0.2) is 0 Å². The zero-order chi connectivity index (χ0) is 16.5. The Morgan fingerprint density at radius 3 is 1.76 bits per heavy atom. The zero-order valence-corrected chi connectivity index (χ0v) is 12.2. The summed E-state index contributed by atoms with van der Waals surface area (Å²) < 4.78 is 14.7. The molecule has 0 heterocycles. The maximum atomic E-state index is 11.3. The Morgan fingerprint density at radius 2 is 1.43 bits per heavy atom. The van der Waals surface area contributed by atoms with E-state index in [1.165, 1.54) is 6.92 Å². The lowest BCUT2D eigenvalue weighted by Gasteiger charge is -2.27. The second kappa shape index (κ2) is 8.91. The predicted molar refractivity (Wildman–Crippen MR) is 73.1 cm³/mol. The maximum Gasteiger partial charge on any atom is 0.334 e. The lowest BCUT2D eigenvalue weighted by molar-refractivity contribution is -0.162. The van der Waals surface area contributed by atoms with Gasteiger partial charge in [-0.25, -0.2) is 14.4 Å². The van der Waals surface area contributed by atoms with Gasteiger partial charge in [-0.3, -0.25) is 0 Å². The molecule has 0 aromatic carbocycles. The van der Waals surface area contributed by atoms with Crippen LogP contribution in [0, 0.1) is 5.41 Å². The first-order valence-corrected chi connectivity index (χ1v) is 6.17. The first kappa shape index (κ1) is 18.9. The van der Waals surface area contributed by atoms with Crippen LogP contribution in [0.25, 0.3) is 0 Å². The van der Waals surface area contributed by atoms with E-state index in [9.17, 15) is 14.4 Å². The molecule has 0 aliphatic heterocycles. The van der Waals surface area contributed by atoms with Gasteiger partial charge in [-0.05, 0) is 13.8 Å². The van der Waals surface area contributed by atoms with Crippen LogP contribution < -0.4 is 0 Å². The van der Waals surface area contributed by atoms with E-state index in [1.807, 2.05) is 0 Å². The molecule has 0 aromatic rings. The summed E-state index contributed by atoms with van der Waals surface area (Å²) in [6, 6.07) is 0. The number of aliphatic hydroxyl groups is 1. The van der Waals surface area contributed by atoms with Crippen LogP contribution in [0.5, 0.6) is 0 Å². The summed E-state index contributed by atoms with van der Waals surface area (Å²) in [6.07, 6.45) is 0.691. The van der Waals surface area contributed by atoms with Gasteiger partial charge in [0.1, 0.15) is 25.9 Å². The summed E-state index contributed by atoms with van der Waals surface area (Å²) in [5.41, 5.74) is -0.956. The van der Waals surface area contributed by atoms with Crippen LogP contribution in [0.3, 0.4) is 0 Å². The summed E-state index contributed by atoms with van der Waals surface area (Å²) in [5, 5.41) is 9.06. The topological polar surface area (TPSA) is 99.1 Å². The monoisotopic (exact) mass is 300 g/mol. The minimum absolute atomic E-state index is 0.157. The largest absolute Gasteiger partial charge is 0.463 e. The molecule has 7 heteroatoms. The molecule has 0 fully saturated rings. The number of esters is 3. The normalized spacial score (nSPS) is 12.0. The van der Waals surface area contributed by atoms with Crippen molar-refractivity contribution in [1.82, 2.24) is 0 Å². The molecule has 0 aromatic heterocycles. The van der Waals surface area contributed by atoms with Crippen molar-refractivity contribution in [2.24, 2.45) is 5.41 Å². The summed E-state index contributed by atoms with van der Waals surface area (Å²) in [7, 11) is 0. The number of hydrogen-bond acceptors (Lipinski definition) is 7. The van der Waals surface area contributed by atoms with Gasteiger partial charge in [0.2, 0.25) is 0 Å². The van der Waals surface area contributed by atoms with Crippen molar-refractivity contribution in [2.45, 2.75) is 20.0 Å². The number of rotatable bonds is 9. The third kappa shape index (κ3) is 7.88. The van der Waals surface area contributed by atoms with E-state index in [0.717, 1.165) is 12.2 Å². The van der Waals surface area contributed by atoms with Crippen LogP contribution in [0.2, 0.25) is 0 Å². The number of hydrogen-bond donors (Lipinski definition) is 1. The molecule has 0 spiro atoms. The molecule has 0 amide bonds. The molecule has 0 rings (SSSR count). The fraction of sp³-hybridized carbons (Fsp3) is 0.500. The molecular formula is C14H20O7. The summed E-state index contributed by atoms with van der Waals surface area (Å²) in [4.78, 5) is 33.4. The van der Waals surface area contributed by atoms with E-state index in [2.05, 4.69) is 13.2 Å². The third-order valence-electron chi connectivity index (χ3n) is 2.36. The first-order valence-electron chi connectivity index (χ1n) is 6.17. The molecule has 1 N–H and O–H groups in total. The minimum atomic E-state index is -1.28. The Morgan fingerprint density at radius 1 is 1.05 bits per heavy atom. The second-order valence-corrected chi connectivity index (χ2v) is 4.72. The number of aliphatic hydroxyl groups excluding tert-OH is 1. The van der Waals surface area contributed by atoms with Crippen LogP contribution in [-0.2, 0) is 28.6 Å². The van der Waals surface area contributed by atoms with Gasteiger partial charge in [-0.1, -0.05) is 13.2 Å². The second-order valence-electron chi connectivity index (χ2n) is 4.72. The fourth-order valence-electron chi connectivity index (χ4n) is 1.10. The van der Waals surface area contributed by atoms with E-state index >= 15 is 0 Å². The van der Waals surface area contributed by atoms with E-state index in [0.29, 0.717) is 0 Å². The van der Waals surface area contributed by atoms with E-state index < -0.39 is 29.4 Å². The predicted octanol–water partition coefficient (Wildman–Crippen LogP) is 0.375. The molecular weight excluding hydrogens is 280 g/mol. The smallest absolute Gasteiger partial charge is 0.334 e. The summed E-state index contributed by atoms with van der Waals surface area (Å²) in [5.74, 6) is -2.14. The minimum Gasteiger partial charge on any atom is -0.463 e. The van der Waals surface area contributed by atoms with Crippen molar-refractivity contribution in [2.75, 3.05) is 19.8 Å². The highest BCUT2D eigenvalue weighted by Gasteiger charge is 2.30. The average molecular weight is 300 g/mol. The van der Waals surface area contributed by atoms with Gasteiger partial charge in [0.05, 0.1) is 5.41 Å². The van der Waals surface area contributed by atoms with Crippen molar-refractivity contribution in [3.8, 4) is 0 Å². The van der Waals surface area contributed by atoms with Crippen molar-refractivity contribution < 1.29 is 33.7 Å². The van der Waals surface area contributed by atoms with Gasteiger partial charge in [0, 0.05) is 12.2 Å². The van der Waals surface area contributed by atoms with Gasteiger partial charge in [-0.15, -0.1) is 0 Å². The molecule has 0 unspecified atom stereocenters. The summed E-state index contributed by atoms with van der Waals surface area (Å²) >= 11 is 0. The van der Waals surface area contributed by atoms with Crippen molar-refractivity contribution in [1.29, 1.82) is 0 Å². The fourth-order valence-corrected chi connectivity index (χ4v) is 1.10. The molecule has 1 atom stereocenters. The highest BCUT2D eigenvalue weighted by Crippen LogP contribution is 2.19. The Kier molecular flexibility index (Phi) is 8.00. The quantitative estimate of drug-likeness (QED) is 0.373. The number of carbonyl (C=O) groups excluding carboxylic acids is 3. The van der Waals surface area contributed by atoms with Crippen molar-refractivity contribution in [3.63, 3.8) is 0 Å². The Bertz CT molecular complexity index is 388. The average Bonchev–Trinajstić information content (AvgIpc) is 2.47. The molecule has 0 aliphatic rings. The molecule has 0 saturated heterocycles. The van der Waals surface area contributed by atoms with Crippen LogP contribution in [0.15, 0.2) is 25.3 Å². The van der Waals surface area contributed by atoms with Crippen LogP contribution in [-0.4, -0.2) is 48.9 Å². The van der Waals surface area contributed by atoms with E-state index in [-0.39, 0.29) is 19.8 Å². The van der Waals surface area contributed by atoms with Gasteiger partial charge in [-0.2, -0.15) is 0 Å². The lowest BCUT2D eigenvalue weighted by atomic mass is 9.94. The lowest BCUT2D eigenvalue weighted by Crippen LogP contribution is -2.37. The number of carbonyl (C=O) groups is 3. The van der Waals surface area contributed by atoms with Crippen LogP contribution in [0.4, 0.5) is 0 Å². The van der Waals surface area contributed by atoms with Crippen molar-refractivity contribution in [3.05, 3.63) is 25.3 Å². The molecule has 0 bridgehead atoms. The summed E-state index contributed by atoms with van der Waals surface area (Å²) in [6.45, 7) is 8.84. The Hall–Kier alpha value is -2.15. The standard InChI is InChI=1S/C14H20O7/c1-5-11(16)19-7-14(4,8-20-12(17)6-2)9-21-13(18)10(3)15/h5-6,10,15H,1-2,7-9H2,3-4H3/t10-/m1/s1. The highest BCUT2D eigenvalue weighted by molar-refractivity contribution is 5.81. The molecule has 0 aliphatic carbocycles. The third-order valence-corrected chi connectivity index (χ3v) is 2.36. The molecule has 21 heavy (non-hydrogen) atoms. The molecule has 118 valence electrons. The molecule has 0 saturated carbocycles. The highest BCUT2D eigenvalue weighted by atomic mass is 16.6. The van der Waals surface area contributed by atoms with Gasteiger partial charge >= 0.3 is 17.9 Å². The van der Waals surface area contributed by atoms with Crippen LogP contribution >= 0.6 is 0 Å². The Labute approximate surface area is 123 Å². The van der Waals surface area contributed by atoms with E-state index in [4.69, 9.17) is 19.3 Å². The van der Waals surface area contributed by atoms with Gasteiger partial charge in [0.25, 0.3) is 0 Å². The first-order chi connectivity index (χ1) is 9.74. The van der Waals surface area contributed by atoms with Crippen LogP contribution in [0.1, 0.15) is 13.8 Å². The maximum absolute atomic E-state index is 11.3. The van der Waals surface area contributed by atoms with Gasteiger partial charge < -0.3 is 19.3 Å². The zero-order valence-electron chi connectivity index (χ0n) is 12.2. The van der Waals surface area contributed by atoms with E-state index in [1.54, 1.807) is 6.92 Å². The SMILES string of the molecule is C=CC(=O)OCC(C)(COC(=O)C=C)COC(=O)[C@@H](C)O. The number of ether oxygens (including phenoxy) is 3. The Balaban J connectivity index is 4.67. The molecule has 0 radical (unpaired) electrons.